The molecule has 0 unspecified atom stereocenters. The fourth-order valence-corrected chi connectivity index (χ4v) is 3.19. The Morgan fingerprint density at radius 1 is 1.38 bits per heavy atom. The number of benzene rings is 1. The van der Waals surface area contributed by atoms with Crippen LogP contribution in [0.25, 0.3) is 0 Å². The molecule has 21 heavy (non-hydrogen) atoms. The highest BCUT2D eigenvalue weighted by Crippen LogP contribution is 2.22. The van der Waals surface area contributed by atoms with Gasteiger partial charge in [-0.05, 0) is 31.4 Å². The van der Waals surface area contributed by atoms with Gasteiger partial charge >= 0.3 is 0 Å². The first kappa shape index (κ1) is 16.0. The number of amides is 1. The summed E-state index contributed by atoms with van der Waals surface area (Å²) in [5.41, 5.74) is 7.10. The highest BCUT2D eigenvalue weighted by molar-refractivity contribution is 5.78. The molecule has 1 aromatic carbocycles. The fraction of sp³-hybridized carbons (Fsp3) is 0.588. The Labute approximate surface area is 127 Å². The third kappa shape index (κ3) is 4.29. The van der Waals surface area contributed by atoms with Crippen molar-refractivity contribution in [3.63, 3.8) is 0 Å². The van der Waals surface area contributed by atoms with E-state index in [0.717, 1.165) is 19.5 Å². The average molecular weight is 289 g/mol. The van der Waals surface area contributed by atoms with Crippen LogP contribution < -0.4 is 5.73 Å². The summed E-state index contributed by atoms with van der Waals surface area (Å²) in [5.74, 6) is 0.711. The minimum absolute atomic E-state index is 0.204. The zero-order chi connectivity index (χ0) is 15.2. The summed E-state index contributed by atoms with van der Waals surface area (Å²) in [6.07, 6.45) is 2.26. The number of likely N-dealkylation sites (tertiary alicyclic amines) is 1. The summed E-state index contributed by atoms with van der Waals surface area (Å²) in [6.45, 7) is 4.87. The molecule has 2 atom stereocenters. The molecule has 0 saturated carbocycles. The highest BCUT2D eigenvalue weighted by atomic mass is 16.2. The number of rotatable bonds is 5. The van der Waals surface area contributed by atoms with Crippen LogP contribution in [-0.4, -0.2) is 48.4 Å². The van der Waals surface area contributed by atoms with Crippen LogP contribution in [0.15, 0.2) is 30.3 Å². The summed E-state index contributed by atoms with van der Waals surface area (Å²) in [7, 11) is 2.00. The number of nitrogens with two attached hydrogens (primary N) is 1. The predicted octanol–water partition coefficient (Wildman–Crippen LogP) is 1.70. The topological polar surface area (TPSA) is 49.6 Å². The Hall–Kier alpha value is -1.39. The van der Waals surface area contributed by atoms with E-state index in [0.29, 0.717) is 19.0 Å². The molecule has 0 spiro atoms. The molecule has 1 amide bonds. The maximum absolute atomic E-state index is 12.5. The zero-order valence-electron chi connectivity index (χ0n) is 13.2. The first-order chi connectivity index (χ1) is 10.1. The maximum Gasteiger partial charge on any atom is 0.237 e. The first-order valence-electron chi connectivity index (χ1n) is 7.84. The van der Waals surface area contributed by atoms with Gasteiger partial charge in [-0.15, -0.1) is 0 Å². The normalized spacial score (nSPS) is 22.6. The van der Waals surface area contributed by atoms with E-state index < -0.39 is 0 Å². The van der Waals surface area contributed by atoms with Gasteiger partial charge in [0.15, 0.2) is 0 Å². The van der Waals surface area contributed by atoms with E-state index in [9.17, 15) is 4.79 Å². The lowest BCUT2D eigenvalue weighted by molar-refractivity contribution is -0.137. The summed E-state index contributed by atoms with van der Waals surface area (Å²) < 4.78 is 0. The molecule has 1 saturated heterocycles. The SMILES string of the molecule is C[C@H]1CCCN(C(=O)CN(C)Cc2ccccc2)[C@H]1CN. The van der Waals surface area contributed by atoms with Gasteiger partial charge < -0.3 is 10.6 Å². The van der Waals surface area contributed by atoms with Gasteiger partial charge in [-0.1, -0.05) is 37.3 Å². The minimum atomic E-state index is 0.204. The van der Waals surface area contributed by atoms with Crippen LogP contribution >= 0.6 is 0 Å². The van der Waals surface area contributed by atoms with E-state index in [1.54, 1.807) is 0 Å². The van der Waals surface area contributed by atoms with Gasteiger partial charge in [0.2, 0.25) is 5.91 Å². The van der Waals surface area contributed by atoms with Crippen molar-refractivity contribution in [2.75, 3.05) is 26.7 Å². The van der Waals surface area contributed by atoms with E-state index >= 15 is 0 Å². The van der Waals surface area contributed by atoms with Gasteiger partial charge in [-0.3, -0.25) is 9.69 Å². The fourth-order valence-electron chi connectivity index (χ4n) is 3.19. The zero-order valence-corrected chi connectivity index (χ0v) is 13.2. The summed E-state index contributed by atoms with van der Waals surface area (Å²) in [4.78, 5) is 16.6. The molecule has 0 radical (unpaired) electrons. The van der Waals surface area contributed by atoms with Gasteiger partial charge in [0.1, 0.15) is 0 Å². The van der Waals surface area contributed by atoms with Crippen LogP contribution in [0.5, 0.6) is 0 Å². The molecule has 4 heteroatoms. The van der Waals surface area contributed by atoms with Crippen molar-refractivity contribution in [3.8, 4) is 0 Å². The van der Waals surface area contributed by atoms with E-state index in [1.165, 1.54) is 12.0 Å². The first-order valence-corrected chi connectivity index (χ1v) is 7.84. The molecule has 1 aliphatic rings. The molecule has 0 aliphatic carbocycles. The molecule has 1 aromatic rings. The monoisotopic (exact) mass is 289 g/mol. The van der Waals surface area contributed by atoms with Gasteiger partial charge in [-0.25, -0.2) is 0 Å². The molecule has 2 N–H and O–H groups in total. The third-order valence-electron chi connectivity index (χ3n) is 4.38. The quantitative estimate of drug-likeness (QED) is 0.897. The molecule has 116 valence electrons. The molecule has 1 fully saturated rings. The van der Waals surface area contributed by atoms with Crippen molar-refractivity contribution in [2.24, 2.45) is 11.7 Å². The molecule has 0 bridgehead atoms. The highest BCUT2D eigenvalue weighted by Gasteiger charge is 2.30. The van der Waals surface area contributed by atoms with Gasteiger partial charge in [0.25, 0.3) is 0 Å². The number of hydrogen-bond donors (Lipinski definition) is 1. The molecule has 1 heterocycles. The number of hydrogen-bond acceptors (Lipinski definition) is 3. The number of carbonyl (C=O) groups is 1. The Morgan fingerprint density at radius 2 is 2.10 bits per heavy atom. The minimum Gasteiger partial charge on any atom is -0.337 e. The maximum atomic E-state index is 12.5. The van der Waals surface area contributed by atoms with Crippen LogP contribution in [0.3, 0.4) is 0 Å². The van der Waals surface area contributed by atoms with Crippen LogP contribution in [0.1, 0.15) is 25.3 Å². The van der Waals surface area contributed by atoms with Gasteiger partial charge in [-0.2, -0.15) is 0 Å². The smallest absolute Gasteiger partial charge is 0.237 e. The predicted molar refractivity (Wildman–Crippen MR) is 85.7 cm³/mol. The second-order valence-corrected chi connectivity index (χ2v) is 6.17. The largest absolute Gasteiger partial charge is 0.337 e. The molecule has 4 nitrogen and oxygen atoms in total. The van der Waals surface area contributed by atoms with Crippen LogP contribution in [0.2, 0.25) is 0 Å². The molecular formula is C17H27N3O. The van der Waals surface area contributed by atoms with Crippen molar-refractivity contribution >= 4 is 5.91 Å². The lowest BCUT2D eigenvalue weighted by Gasteiger charge is -2.40. The second kappa shape index (κ2) is 7.57. The van der Waals surface area contributed by atoms with Crippen LogP contribution in [-0.2, 0) is 11.3 Å². The summed E-state index contributed by atoms with van der Waals surface area (Å²) >= 11 is 0. The van der Waals surface area contributed by atoms with Crippen molar-refractivity contribution in [1.82, 2.24) is 9.80 Å². The molecule has 0 aromatic heterocycles. The van der Waals surface area contributed by atoms with Crippen molar-refractivity contribution in [1.29, 1.82) is 0 Å². The van der Waals surface area contributed by atoms with Crippen LogP contribution in [0.4, 0.5) is 0 Å². The summed E-state index contributed by atoms with van der Waals surface area (Å²) in [5, 5.41) is 0. The number of nitrogens with zero attached hydrogens (tertiary/aromatic N) is 2. The van der Waals surface area contributed by atoms with Crippen molar-refractivity contribution in [2.45, 2.75) is 32.4 Å². The molecule has 1 aliphatic heterocycles. The Morgan fingerprint density at radius 3 is 2.76 bits per heavy atom. The Bertz CT molecular complexity index is 449. The molecular weight excluding hydrogens is 262 g/mol. The third-order valence-corrected chi connectivity index (χ3v) is 4.38. The van der Waals surface area contributed by atoms with E-state index in [-0.39, 0.29) is 11.9 Å². The van der Waals surface area contributed by atoms with Crippen molar-refractivity contribution in [3.05, 3.63) is 35.9 Å². The van der Waals surface area contributed by atoms with Gasteiger partial charge in [0, 0.05) is 25.7 Å². The lowest BCUT2D eigenvalue weighted by atomic mass is 9.90. The number of likely N-dealkylation sites (N-methyl/N-ethyl adjacent to an activating group) is 1. The van der Waals surface area contributed by atoms with Gasteiger partial charge in [0.05, 0.1) is 6.54 Å². The Balaban J connectivity index is 1.90. The lowest BCUT2D eigenvalue weighted by Crippen LogP contribution is -2.53. The van der Waals surface area contributed by atoms with E-state index in [2.05, 4.69) is 24.0 Å². The molecule has 2 rings (SSSR count). The Kier molecular flexibility index (Phi) is 5.76. The van der Waals surface area contributed by atoms with Crippen LogP contribution in [0, 0.1) is 5.92 Å². The summed E-state index contributed by atoms with van der Waals surface area (Å²) in [6, 6.07) is 10.5. The number of carbonyl (C=O) groups excluding carboxylic acids is 1. The second-order valence-electron chi connectivity index (χ2n) is 6.17. The number of piperidine rings is 1. The average Bonchev–Trinajstić information content (AvgIpc) is 2.47. The standard InChI is InChI=1S/C17H27N3O/c1-14-7-6-10-20(16(14)11-18)17(21)13-19(2)12-15-8-4-3-5-9-15/h3-5,8-9,14,16H,6-7,10-13,18H2,1-2H3/t14-,16-/m0/s1. The van der Waals surface area contributed by atoms with E-state index in [1.807, 2.05) is 30.1 Å². The van der Waals surface area contributed by atoms with Crippen molar-refractivity contribution < 1.29 is 4.79 Å². The van der Waals surface area contributed by atoms with E-state index in [4.69, 9.17) is 5.73 Å².